The molecule has 0 spiro atoms. The van der Waals surface area contributed by atoms with E-state index in [0.717, 1.165) is 69.6 Å². The van der Waals surface area contributed by atoms with Crippen LogP contribution in [-0.2, 0) is 0 Å². The second kappa shape index (κ2) is 8.51. The number of thiocarbonyl (C=S) groups is 1. The summed E-state index contributed by atoms with van der Waals surface area (Å²) in [6.45, 7) is 3.22. The molecule has 1 saturated heterocycles. The van der Waals surface area contributed by atoms with Gasteiger partial charge in [0.2, 0.25) is 0 Å². The summed E-state index contributed by atoms with van der Waals surface area (Å²) in [4.78, 5) is 17.9. The van der Waals surface area contributed by atoms with Gasteiger partial charge in [-0.05, 0) is 66.6 Å². The van der Waals surface area contributed by atoms with E-state index in [2.05, 4.69) is 30.1 Å². The minimum Gasteiger partial charge on any atom is -0.352 e. The van der Waals surface area contributed by atoms with E-state index in [1.54, 1.807) is 6.33 Å². The molecule has 0 amide bonds. The molecule has 0 saturated carbocycles. The minimum absolute atomic E-state index is 0.697. The van der Waals surface area contributed by atoms with Crippen molar-refractivity contribution in [2.75, 3.05) is 36.4 Å². The topological polar surface area (TPSA) is 86.1 Å². The zero-order chi connectivity index (χ0) is 21.4. The fourth-order valence-corrected chi connectivity index (χ4v) is 4.63. The predicted molar refractivity (Wildman–Crippen MR) is 133 cm³/mol. The van der Waals surface area contributed by atoms with Crippen LogP contribution in [0.25, 0.3) is 21.9 Å². The van der Waals surface area contributed by atoms with Crippen LogP contribution in [0.4, 0.5) is 11.5 Å². The number of fused-ring (bicyclic) bond motifs is 3. The van der Waals surface area contributed by atoms with Gasteiger partial charge in [0.05, 0.1) is 5.39 Å². The standard InChI is InChI=1S/C21H20ClN7S2/c22-13-1-6-17-16(11-13)18-19(27-17)24-12-25-20(18)28-7-9-29(10-8-28)21(30)26-14-2-4-15(31-23)5-3-14/h1-6,11-12H,7-10,23H2,(H,26,30)(H,24,25,27). The molecule has 4 N–H and O–H groups in total. The van der Waals surface area contributed by atoms with Crippen LogP contribution in [0.15, 0.2) is 53.7 Å². The Labute approximate surface area is 194 Å². The van der Waals surface area contributed by atoms with Gasteiger partial charge in [0.15, 0.2) is 5.11 Å². The molecule has 0 bridgehead atoms. The summed E-state index contributed by atoms with van der Waals surface area (Å²) in [5, 5.41) is 12.4. The van der Waals surface area contributed by atoms with E-state index >= 15 is 0 Å². The van der Waals surface area contributed by atoms with Crippen LogP contribution in [0.3, 0.4) is 0 Å². The molecule has 0 aliphatic carbocycles. The first kappa shape index (κ1) is 20.3. The summed E-state index contributed by atoms with van der Waals surface area (Å²) in [5.41, 5.74) is 2.78. The molecule has 0 radical (unpaired) electrons. The molecule has 1 aliphatic rings. The number of halogens is 1. The third-order valence-electron chi connectivity index (χ3n) is 5.44. The molecule has 0 unspecified atom stereocenters. The van der Waals surface area contributed by atoms with Crippen LogP contribution in [-0.4, -0.2) is 51.1 Å². The molecule has 7 nitrogen and oxygen atoms in total. The van der Waals surface area contributed by atoms with Crippen molar-refractivity contribution in [2.45, 2.75) is 4.90 Å². The Morgan fingerprint density at radius 1 is 1.10 bits per heavy atom. The van der Waals surface area contributed by atoms with Crippen molar-refractivity contribution in [3.05, 3.63) is 53.8 Å². The second-order valence-electron chi connectivity index (χ2n) is 7.28. The summed E-state index contributed by atoms with van der Waals surface area (Å²) >= 11 is 13.1. The highest BCUT2D eigenvalue weighted by atomic mass is 35.5. The van der Waals surface area contributed by atoms with E-state index in [-0.39, 0.29) is 0 Å². The van der Waals surface area contributed by atoms with E-state index in [1.165, 1.54) is 11.9 Å². The lowest BCUT2D eigenvalue weighted by Gasteiger charge is -2.37. The molecule has 10 heteroatoms. The first-order chi connectivity index (χ1) is 15.1. The minimum atomic E-state index is 0.697. The molecule has 3 heterocycles. The number of anilines is 2. The van der Waals surface area contributed by atoms with Crippen LogP contribution in [0, 0.1) is 0 Å². The maximum Gasteiger partial charge on any atom is 0.173 e. The van der Waals surface area contributed by atoms with Gasteiger partial charge in [-0.3, -0.25) is 5.14 Å². The molecule has 2 aromatic heterocycles. The first-order valence-electron chi connectivity index (χ1n) is 9.82. The van der Waals surface area contributed by atoms with E-state index < -0.39 is 0 Å². The van der Waals surface area contributed by atoms with E-state index in [4.69, 9.17) is 29.0 Å². The number of piperazine rings is 1. The number of rotatable bonds is 3. The predicted octanol–water partition coefficient (Wildman–Crippen LogP) is 4.25. The average molecular weight is 470 g/mol. The van der Waals surface area contributed by atoms with Crippen molar-refractivity contribution in [3.63, 3.8) is 0 Å². The maximum absolute atomic E-state index is 6.25. The van der Waals surface area contributed by atoms with Crippen molar-refractivity contribution in [3.8, 4) is 0 Å². The van der Waals surface area contributed by atoms with Gasteiger partial charge >= 0.3 is 0 Å². The van der Waals surface area contributed by atoms with Gasteiger partial charge in [0.1, 0.15) is 17.8 Å². The van der Waals surface area contributed by atoms with Crippen LogP contribution in [0.5, 0.6) is 0 Å². The van der Waals surface area contributed by atoms with E-state index in [1.807, 2.05) is 42.5 Å². The van der Waals surface area contributed by atoms with Gasteiger partial charge in [0.25, 0.3) is 0 Å². The third-order valence-corrected chi connectivity index (χ3v) is 6.58. The largest absolute Gasteiger partial charge is 0.352 e. The summed E-state index contributed by atoms with van der Waals surface area (Å²) in [7, 11) is 0. The van der Waals surface area contributed by atoms with Crippen molar-refractivity contribution < 1.29 is 0 Å². The van der Waals surface area contributed by atoms with Gasteiger partial charge in [-0.15, -0.1) is 0 Å². The molecule has 4 aromatic rings. The molecule has 1 fully saturated rings. The van der Waals surface area contributed by atoms with Crippen LogP contribution >= 0.6 is 35.8 Å². The highest BCUT2D eigenvalue weighted by Gasteiger charge is 2.23. The van der Waals surface area contributed by atoms with Crippen LogP contribution in [0.1, 0.15) is 0 Å². The highest BCUT2D eigenvalue weighted by molar-refractivity contribution is 7.97. The number of hydrogen-bond acceptors (Lipinski definition) is 6. The summed E-state index contributed by atoms with van der Waals surface area (Å²) in [6.07, 6.45) is 1.61. The fourth-order valence-electron chi connectivity index (χ4n) is 3.86. The van der Waals surface area contributed by atoms with E-state index in [0.29, 0.717) is 5.02 Å². The molecule has 1 aliphatic heterocycles. The van der Waals surface area contributed by atoms with Crippen LogP contribution < -0.4 is 15.4 Å². The lowest BCUT2D eigenvalue weighted by molar-refractivity contribution is 0.390. The lowest BCUT2D eigenvalue weighted by atomic mass is 10.2. The zero-order valence-corrected chi connectivity index (χ0v) is 18.9. The Kier molecular flexibility index (Phi) is 5.58. The number of hydrogen-bond donors (Lipinski definition) is 3. The van der Waals surface area contributed by atoms with Crippen molar-refractivity contribution in [2.24, 2.45) is 5.14 Å². The van der Waals surface area contributed by atoms with Gasteiger partial charge in [0, 0.05) is 52.7 Å². The third kappa shape index (κ3) is 4.01. The van der Waals surface area contributed by atoms with Gasteiger partial charge < -0.3 is 20.1 Å². The van der Waals surface area contributed by atoms with Crippen molar-refractivity contribution in [1.82, 2.24) is 19.9 Å². The molecule has 158 valence electrons. The number of H-pyrrole nitrogens is 1. The fraction of sp³-hybridized carbons (Fsp3) is 0.190. The normalized spacial score (nSPS) is 14.4. The van der Waals surface area contributed by atoms with Gasteiger partial charge in [-0.25, -0.2) is 9.97 Å². The lowest BCUT2D eigenvalue weighted by Crippen LogP contribution is -2.50. The number of nitrogens with two attached hydrogens (primary N) is 1. The number of nitrogens with one attached hydrogen (secondary N) is 2. The number of nitrogens with zero attached hydrogens (tertiary/aromatic N) is 4. The Hall–Kier alpha value is -2.59. The Balaban J connectivity index is 1.32. The van der Waals surface area contributed by atoms with Gasteiger partial charge in [-0.1, -0.05) is 11.6 Å². The molecule has 5 rings (SSSR count). The highest BCUT2D eigenvalue weighted by Crippen LogP contribution is 2.33. The quantitative estimate of drug-likeness (QED) is 0.303. The SMILES string of the molecule is NSc1ccc(NC(=S)N2CCN(c3ncnc4[nH]c5ccc(Cl)cc5c34)CC2)cc1. The average Bonchev–Trinajstić information content (AvgIpc) is 3.17. The Morgan fingerprint density at radius 3 is 2.61 bits per heavy atom. The molecule has 0 atom stereocenters. The number of aromatic amines is 1. The maximum atomic E-state index is 6.25. The smallest absolute Gasteiger partial charge is 0.173 e. The second-order valence-corrected chi connectivity index (χ2v) is 8.81. The zero-order valence-electron chi connectivity index (χ0n) is 16.5. The van der Waals surface area contributed by atoms with Crippen molar-refractivity contribution >= 4 is 74.3 Å². The molecule has 2 aromatic carbocycles. The number of benzene rings is 2. The first-order valence-corrected chi connectivity index (χ1v) is 11.5. The summed E-state index contributed by atoms with van der Waals surface area (Å²) in [6, 6.07) is 13.7. The molecule has 31 heavy (non-hydrogen) atoms. The summed E-state index contributed by atoms with van der Waals surface area (Å²) in [5.74, 6) is 0.923. The Bertz CT molecular complexity index is 1250. The van der Waals surface area contributed by atoms with Crippen molar-refractivity contribution in [1.29, 1.82) is 0 Å². The number of aromatic nitrogens is 3. The monoisotopic (exact) mass is 469 g/mol. The Morgan fingerprint density at radius 2 is 1.87 bits per heavy atom. The molecular weight excluding hydrogens is 450 g/mol. The van der Waals surface area contributed by atoms with Crippen LogP contribution in [0.2, 0.25) is 5.02 Å². The van der Waals surface area contributed by atoms with E-state index in [9.17, 15) is 0 Å². The van der Waals surface area contributed by atoms with Gasteiger partial charge in [-0.2, -0.15) is 0 Å². The summed E-state index contributed by atoms with van der Waals surface area (Å²) < 4.78 is 0. The molecular formula is C21H20ClN7S2.